The highest BCUT2D eigenvalue weighted by Gasteiger charge is 2.50. The summed E-state index contributed by atoms with van der Waals surface area (Å²) in [6, 6.07) is 0. The average molecular weight is 276 g/mol. The SMILES string of the molecule is [N-]=[N+]=NCCCCNC(=O)C1C2CC3CC(C2)CC1C3. The first kappa shape index (κ1) is 13.7. The van der Waals surface area contributed by atoms with E-state index in [0.717, 1.165) is 31.2 Å². The molecule has 1 N–H and O–H groups in total. The average Bonchev–Trinajstić information content (AvgIpc) is 2.41. The Balaban J connectivity index is 1.44. The zero-order valence-electron chi connectivity index (χ0n) is 12.0. The van der Waals surface area contributed by atoms with Crippen LogP contribution in [0.1, 0.15) is 44.9 Å². The van der Waals surface area contributed by atoms with Crippen molar-refractivity contribution >= 4 is 5.91 Å². The van der Waals surface area contributed by atoms with Crippen LogP contribution in [0, 0.1) is 29.6 Å². The zero-order valence-corrected chi connectivity index (χ0v) is 12.0. The van der Waals surface area contributed by atoms with E-state index in [1.165, 1.54) is 32.1 Å². The third-order valence-corrected chi connectivity index (χ3v) is 5.58. The highest BCUT2D eigenvalue weighted by molar-refractivity contribution is 5.79. The normalized spacial score (nSPS) is 37.5. The zero-order chi connectivity index (χ0) is 13.9. The standard InChI is InChI=1S/C15H24N4O/c16-19-18-4-2-1-3-17-15(20)14-12-6-10-5-11(8-12)9-13(14)7-10/h10-14H,1-9H2,(H,17,20). The van der Waals surface area contributed by atoms with Crippen LogP contribution in [-0.2, 0) is 4.79 Å². The van der Waals surface area contributed by atoms with E-state index in [4.69, 9.17) is 5.53 Å². The molecule has 0 aliphatic heterocycles. The molecular formula is C15H24N4O. The maximum Gasteiger partial charge on any atom is 0.223 e. The van der Waals surface area contributed by atoms with E-state index in [0.29, 0.717) is 30.2 Å². The Morgan fingerprint density at radius 3 is 2.35 bits per heavy atom. The number of carbonyl (C=O) groups is 1. The second-order valence-corrected chi connectivity index (χ2v) is 6.91. The number of unbranched alkanes of at least 4 members (excludes halogenated alkanes) is 1. The topological polar surface area (TPSA) is 77.9 Å². The second kappa shape index (κ2) is 6.04. The monoisotopic (exact) mass is 276 g/mol. The lowest BCUT2D eigenvalue weighted by Crippen LogP contribution is -2.51. The van der Waals surface area contributed by atoms with Gasteiger partial charge in [0.05, 0.1) is 0 Å². The van der Waals surface area contributed by atoms with Crippen molar-refractivity contribution in [2.24, 2.45) is 34.7 Å². The quantitative estimate of drug-likeness (QED) is 0.343. The lowest BCUT2D eigenvalue weighted by molar-refractivity contribution is -0.138. The van der Waals surface area contributed by atoms with Gasteiger partial charge in [0.1, 0.15) is 0 Å². The van der Waals surface area contributed by atoms with E-state index in [1.54, 1.807) is 0 Å². The third kappa shape index (κ3) is 2.78. The number of carbonyl (C=O) groups excluding carboxylic acids is 1. The molecule has 5 nitrogen and oxygen atoms in total. The molecule has 4 aliphatic rings. The molecule has 0 unspecified atom stereocenters. The van der Waals surface area contributed by atoms with Gasteiger partial charge in [-0.3, -0.25) is 4.79 Å². The Labute approximate surface area is 120 Å². The molecule has 4 rings (SSSR count). The van der Waals surface area contributed by atoms with Gasteiger partial charge in [0.15, 0.2) is 0 Å². The smallest absolute Gasteiger partial charge is 0.223 e. The van der Waals surface area contributed by atoms with Gasteiger partial charge in [-0.2, -0.15) is 0 Å². The van der Waals surface area contributed by atoms with Gasteiger partial charge < -0.3 is 5.32 Å². The Kier molecular flexibility index (Phi) is 4.16. The number of amides is 1. The largest absolute Gasteiger partial charge is 0.356 e. The first-order chi connectivity index (χ1) is 9.78. The van der Waals surface area contributed by atoms with Crippen LogP contribution in [0.3, 0.4) is 0 Å². The molecule has 0 saturated heterocycles. The molecule has 5 heteroatoms. The molecule has 110 valence electrons. The predicted molar refractivity (Wildman–Crippen MR) is 76.8 cm³/mol. The van der Waals surface area contributed by atoms with Crippen LogP contribution in [0.4, 0.5) is 0 Å². The minimum Gasteiger partial charge on any atom is -0.356 e. The highest BCUT2D eigenvalue weighted by atomic mass is 16.1. The second-order valence-electron chi connectivity index (χ2n) is 6.91. The molecule has 0 heterocycles. The number of nitrogens with zero attached hydrogens (tertiary/aromatic N) is 3. The third-order valence-electron chi connectivity index (χ3n) is 5.58. The van der Waals surface area contributed by atoms with Crippen molar-refractivity contribution in [1.82, 2.24) is 5.32 Å². The minimum absolute atomic E-state index is 0.292. The molecule has 0 radical (unpaired) electrons. The van der Waals surface area contributed by atoms with Crippen molar-refractivity contribution in [2.45, 2.75) is 44.9 Å². The predicted octanol–water partition coefficient (Wildman–Crippen LogP) is 3.27. The lowest BCUT2D eigenvalue weighted by atomic mass is 9.51. The van der Waals surface area contributed by atoms with Gasteiger partial charge in [-0.05, 0) is 74.1 Å². The molecule has 4 saturated carbocycles. The Morgan fingerprint density at radius 1 is 1.10 bits per heavy atom. The van der Waals surface area contributed by atoms with E-state index in [2.05, 4.69) is 15.3 Å². The van der Waals surface area contributed by atoms with Crippen molar-refractivity contribution in [2.75, 3.05) is 13.1 Å². The van der Waals surface area contributed by atoms with E-state index in [9.17, 15) is 4.79 Å². The maximum absolute atomic E-state index is 12.4. The molecule has 0 atom stereocenters. The first-order valence-corrected chi connectivity index (χ1v) is 8.06. The van der Waals surface area contributed by atoms with Gasteiger partial charge in [0.25, 0.3) is 0 Å². The number of rotatable bonds is 6. The highest BCUT2D eigenvalue weighted by Crippen LogP contribution is 2.56. The van der Waals surface area contributed by atoms with Crippen molar-refractivity contribution in [1.29, 1.82) is 0 Å². The van der Waals surface area contributed by atoms with Gasteiger partial charge in [0.2, 0.25) is 5.91 Å². The fourth-order valence-corrected chi connectivity index (χ4v) is 5.03. The van der Waals surface area contributed by atoms with Crippen molar-refractivity contribution < 1.29 is 4.79 Å². The number of nitrogens with one attached hydrogen (secondary N) is 1. The van der Waals surface area contributed by atoms with Crippen LogP contribution < -0.4 is 5.32 Å². The van der Waals surface area contributed by atoms with Gasteiger partial charge in [-0.25, -0.2) is 0 Å². The molecule has 20 heavy (non-hydrogen) atoms. The van der Waals surface area contributed by atoms with E-state index < -0.39 is 0 Å². The van der Waals surface area contributed by atoms with Gasteiger partial charge in [-0.1, -0.05) is 5.11 Å². The molecule has 0 spiro atoms. The summed E-state index contributed by atoms with van der Waals surface area (Å²) in [7, 11) is 0. The summed E-state index contributed by atoms with van der Waals surface area (Å²) in [5, 5.41) is 6.62. The van der Waals surface area contributed by atoms with Crippen LogP contribution in [0.25, 0.3) is 10.4 Å². The summed E-state index contributed by atoms with van der Waals surface area (Å²) >= 11 is 0. The molecule has 0 aromatic heterocycles. The summed E-state index contributed by atoms with van der Waals surface area (Å²) < 4.78 is 0. The minimum atomic E-state index is 0.292. The Hall–Kier alpha value is -1.22. The number of hydrogen-bond acceptors (Lipinski definition) is 2. The number of hydrogen-bond donors (Lipinski definition) is 1. The van der Waals surface area contributed by atoms with Crippen LogP contribution in [0.2, 0.25) is 0 Å². The first-order valence-electron chi connectivity index (χ1n) is 8.06. The Bertz CT molecular complexity index is 388. The van der Waals surface area contributed by atoms with Crippen LogP contribution >= 0.6 is 0 Å². The van der Waals surface area contributed by atoms with Gasteiger partial charge in [0, 0.05) is 23.9 Å². The van der Waals surface area contributed by atoms with Crippen LogP contribution in [-0.4, -0.2) is 19.0 Å². The lowest BCUT2D eigenvalue weighted by Gasteiger charge is -2.53. The molecule has 4 aliphatic carbocycles. The van der Waals surface area contributed by atoms with Gasteiger partial charge >= 0.3 is 0 Å². The van der Waals surface area contributed by atoms with E-state index in [-0.39, 0.29) is 0 Å². The van der Waals surface area contributed by atoms with E-state index >= 15 is 0 Å². The molecule has 1 amide bonds. The van der Waals surface area contributed by atoms with Crippen molar-refractivity contribution in [3.8, 4) is 0 Å². The molecule has 0 aromatic carbocycles. The number of azide groups is 1. The fourth-order valence-electron chi connectivity index (χ4n) is 5.03. The van der Waals surface area contributed by atoms with Crippen LogP contribution in [0.15, 0.2) is 5.11 Å². The van der Waals surface area contributed by atoms with Crippen LogP contribution in [0.5, 0.6) is 0 Å². The Morgan fingerprint density at radius 2 is 1.75 bits per heavy atom. The van der Waals surface area contributed by atoms with Crippen molar-refractivity contribution in [3.05, 3.63) is 10.4 Å². The molecular weight excluding hydrogens is 252 g/mol. The maximum atomic E-state index is 12.4. The van der Waals surface area contributed by atoms with Crippen molar-refractivity contribution in [3.63, 3.8) is 0 Å². The summed E-state index contributed by atoms with van der Waals surface area (Å²) in [5.74, 6) is 3.75. The van der Waals surface area contributed by atoms with E-state index in [1.807, 2.05) is 0 Å². The summed E-state index contributed by atoms with van der Waals surface area (Å²) in [5.41, 5.74) is 8.19. The molecule has 4 fully saturated rings. The fraction of sp³-hybridized carbons (Fsp3) is 0.933. The summed E-state index contributed by atoms with van der Waals surface area (Å²) in [4.78, 5) is 15.2. The summed E-state index contributed by atoms with van der Waals surface area (Å²) in [6.07, 6.45) is 8.36. The van der Waals surface area contributed by atoms with Gasteiger partial charge in [-0.15, -0.1) is 0 Å². The molecule has 0 aromatic rings. The summed E-state index contributed by atoms with van der Waals surface area (Å²) in [6.45, 7) is 1.26. The molecule has 4 bridgehead atoms.